The van der Waals surface area contributed by atoms with Crippen molar-refractivity contribution in [2.75, 3.05) is 0 Å². The number of aliphatic carboxylic acids is 1. The van der Waals surface area contributed by atoms with E-state index < -0.39 is 5.97 Å². The Bertz CT molecular complexity index is 542. The summed E-state index contributed by atoms with van der Waals surface area (Å²) in [4.78, 5) is 19.0. The first-order valence-corrected chi connectivity index (χ1v) is 5.59. The van der Waals surface area contributed by atoms with Gasteiger partial charge in [0.25, 0.3) is 0 Å². The molecule has 0 saturated carbocycles. The highest BCUT2D eigenvalue weighted by Gasteiger charge is 2.06. The minimum atomic E-state index is -0.840. The van der Waals surface area contributed by atoms with Crippen molar-refractivity contribution in [3.8, 4) is 0 Å². The first-order valence-electron chi connectivity index (χ1n) is 4.80. The molecular formula is C11H9BrN2O2. The third-order valence-electron chi connectivity index (χ3n) is 2.17. The average molecular weight is 281 g/mol. The Balaban J connectivity index is 2.38. The molecule has 0 spiro atoms. The number of hydrogen-bond donors (Lipinski definition) is 1. The maximum atomic E-state index is 10.5. The number of aromatic nitrogens is 2. The van der Waals surface area contributed by atoms with Crippen molar-refractivity contribution >= 4 is 32.8 Å². The van der Waals surface area contributed by atoms with Crippen LogP contribution in [0.1, 0.15) is 12.2 Å². The van der Waals surface area contributed by atoms with Gasteiger partial charge in [-0.2, -0.15) is 0 Å². The first kappa shape index (κ1) is 11.0. The fraction of sp³-hybridized carbons (Fsp3) is 0.182. The van der Waals surface area contributed by atoms with E-state index in [1.54, 1.807) is 0 Å². The van der Waals surface area contributed by atoms with Crippen molar-refractivity contribution < 1.29 is 9.90 Å². The molecule has 16 heavy (non-hydrogen) atoms. The van der Waals surface area contributed by atoms with E-state index in [1.807, 2.05) is 24.3 Å². The second-order valence-corrected chi connectivity index (χ2v) is 4.09. The minimum absolute atomic E-state index is 0.0464. The van der Waals surface area contributed by atoms with Gasteiger partial charge in [-0.25, -0.2) is 9.97 Å². The van der Waals surface area contributed by atoms with Gasteiger partial charge in [0.15, 0.2) is 0 Å². The standard InChI is InChI=1S/C11H9BrN2O2/c12-11-7-3-1-2-4-8(7)13-9(14-11)5-6-10(15)16/h1-4H,5-6H2,(H,15,16). The molecule has 2 rings (SSSR count). The lowest BCUT2D eigenvalue weighted by Gasteiger charge is -2.02. The smallest absolute Gasteiger partial charge is 0.303 e. The lowest BCUT2D eigenvalue weighted by atomic mass is 10.2. The second-order valence-electron chi connectivity index (χ2n) is 3.34. The second kappa shape index (κ2) is 4.57. The molecule has 0 unspecified atom stereocenters. The Morgan fingerprint density at radius 3 is 2.81 bits per heavy atom. The molecule has 1 aromatic carbocycles. The van der Waals surface area contributed by atoms with Gasteiger partial charge in [0.2, 0.25) is 0 Å². The fourth-order valence-corrected chi connectivity index (χ4v) is 1.95. The monoisotopic (exact) mass is 280 g/mol. The number of hydrogen-bond acceptors (Lipinski definition) is 3. The molecule has 0 saturated heterocycles. The quantitative estimate of drug-likeness (QED) is 0.877. The van der Waals surface area contributed by atoms with Crippen molar-refractivity contribution in [1.82, 2.24) is 9.97 Å². The lowest BCUT2D eigenvalue weighted by Crippen LogP contribution is -2.02. The Labute approximate surface area is 100 Å². The van der Waals surface area contributed by atoms with Gasteiger partial charge in [0.05, 0.1) is 11.9 Å². The highest BCUT2D eigenvalue weighted by atomic mass is 79.9. The largest absolute Gasteiger partial charge is 0.481 e. The van der Waals surface area contributed by atoms with E-state index in [9.17, 15) is 4.79 Å². The zero-order valence-corrected chi connectivity index (χ0v) is 9.94. The van der Waals surface area contributed by atoms with Gasteiger partial charge in [-0.15, -0.1) is 0 Å². The summed E-state index contributed by atoms with van der Waals surface area (Å²) >= 11 is 3.36. The van der Waals surface area contributed by atoms with Crippen LogP contribution in [-0.2, 0) is 11.2 Å². The van der Waals surface area contributed by atoms with E-state index in [-0.39, 0.29) is 6.42 Å². The van der Waals surface area contributed by atoms with Gasteiger partial charge in [-0.3, -0.25) is 4.79 Å². The molecule has 0 aliphatic carbocycles. The van der Waals surface area contributed by atoms with E-state index >= 15 is 0 Å². The van der Waals surface area contributed by atoms with Gasteiger partial charge in [0.1, 0.15) is 10.4 Å². The molecule has 0 atom stereocenters. The van der Waals surface area contributed by atoms with Gasteiger partial charge < -0.3 is 5.11 Å². The van der Waals surface area contributed by atoms with Crippen LogP contribution in [0.5, 0.6) is 0 Å². The van der Waals surface area contributed by atoms with E-state index in [0.29, 0.717) is 16.8 Å². The van der Waals surface area contributed by atoms with Crippen LogP contribution >= 0.6 is 15.9 Å². The number of rotatable bonds is 3. The SMILES string of the molecule is O=C(O)CCc1nc(Br)c2ccccc2n1. The van der Waals surface area contributed by atoms with Gasteiger partial charge in [-0.1, -0.05) is 18.2 Å². The minimum Gasteiger partial charge on any atom is -0.481 e. The third-order valence-corrected chi connectivity index (χ3v) is 2.77. The van der Waals surface area contributed by atoms with Crippen molar-refractivity contribution in [2.24, 2.45) is 0 Å². The molecule has 1 heterocycles. The van der Waals surface area contributed by atoms with Crippen LogP contribution in [0.15, 0.2) is 28.9 Å². The normalized spacial score (nSPS) is 10.6. The molecule has 0 aliphatic rings. The molecule has 2 aromatic rings. The van der Waals surface area contributed by atoms with Crippen LogP contribution in [0.3, 0.4) is 0 Å². The van der Waals surface area contributed by atoms with Crippen molar-refractivity contribution in [3.05, 3.63) is 34.7 Å². The predicted molar refractivity (Wildman–Crippen MR) is 63.2 cm³/mol. The van der Waals surface area contributed by atoms with Crippen molar-refractivity contribution in [3.63, 3.8) is 0 Å². The average Bonchev–Trinajstić information content (AvgIpc) is 2.26. The van der Waals surface area contributed by atoms with Gasteiger partial charge >= 0.3 is 5.97 Å². The number of carbonyl (C=O) groups is 1. The maximum absolute atomic E-state index is 10.5. The summed E-state index contributed by atoms with van der Waals surface area (Å²) in [6, 6.07) is 7.60. The highest BCUT2D eigenvalue weighted by molar-refractivity contribution is 9.10. The zero-order chi connectivity index (χ0) is 11.5. The van der Waals surface area contributed by atoms with E-state index in [4.69, 9.17) is 5.11 Å². The third kappa shape index (κ3) is 2.36. The molecule has 0 radical (unpaired) electrons. The Kier molecular flexibility index (Phi) is 3.14. The van der Waals surface area contributed by atoms with Crippen LogP contribution in [-0.4, -0.2) is 21.0 Å². The summed E-state index contributed by atoms with van der Waals surface area (Å²) in [5.74, 6) is -0.291. The predicted octanol–water partition coefficient (Wildman–Crippen LogP) is 2.41. The molecule has 1 N–H and O–H groups in total. The molecule has 0 bridgehead atoms. The Hall–Kier alpha value is -1.49. The number of para-hydroxylation sites is 1. The summed E-state index contributed by atoms with van der Waals surface area (Å²) in [5, 5.41) is 9.52. The van der Waals surface area contributed by atoms with Crippen LogP contribution in [0.25, 0.3) is 10.9 Å². The molecule has 4 nitrogen and oxygen atoms in total. The van der Waals surface area contributed by atoms with Crippen molar-refractivity contribution in [2.45, 2.75) is 12.8 Å². The zero-order valence-electron chi connectivity index (χ0n) is 8.35. The molecule has 1 aromatic heterocycles. The number of halogens is 1. The number of benzene rings is 1. The number of nitrogens with zero attached hydrogens (tertiary/aromatic N) is 2. The van der Waals surface area contributed by atoms with Crippen LogP contribution in [0, 0.1) is 0 Å². The Morgan fingerprint density at radius 2 is 2.06 bits per heavy atom. The summed E-state index contributed by atoms with van der Waals surface area (Å²) in [6.45, 7) is 0. The number of carboxylic acid groups (broad SMARTS) is 1. The summed E-state index contributed by atoms with van der Waals surface area (Å²) < 4.78 is 0.707. The van der Waals surface area contributed by atoms with Crippen LogP contribution < -0.4 is 0 Å². The molecule has 0 fully saturated rings. The number of aryl methyl sites for hydroxylation is 1. The van der Waals surface area contributed by atoms with Crippen LogP contribution in [0.4, 0.5) is 0 Å². The van der Waals surface area contributed by atoms with Crippen LogP contribution in [0.2, 0.25) is 0 Å². The lowest BCUT2D eigenvalue weighted by molar-refractivity contribution is -0.137. The number of fused-ring (bicyclic) bond motifs is 1. The van der Waals surface area contributed by atoms with Gasteiger partial charge in [-0.05, 0) is 22.0 Å². The van der Waals surface area contributed by atoms with E-state index in [2.05, 4.69) is 25.9 Å². The summed E-state index contributed by atoms with van der Waals surface area (Å²) in [5.41, 5.74) is 0.824. The van der Waals surface area contributed by atoms with Gasteiger partial charge in [0, 0.05) is 11.8 Å². The molecule has 0 aliphatic heterocycles. The molecule has 82 valence electrons. The molecule has 0 amide bonds. The Morgan fingerprint density at radius 1 is 1.31 bits per heavy atom. The fourth-order valence-electron chi connectivity index (χ4n) is 1.41. The summed E-state index contributed by atoms with van der Waals surface area (Å²) in [7, 11) is 0. The van der Waals surface area contributed by atoms with E-state index in [0.717, 1.165) is 10.9 Å². The summed E-state index contributed by atoms with van der Waals surface area (Å²) in [6.07, 6.45) is 0.392. The maximum Gasteiger partial charge on any atom is 0.303 e. The number of carboxylic acids is 1. The molecular weight excluding hydrogens is 272 g/mol. The molecule has 5 heteroatoms. The first-order chi connectivity index (χ1) is 7.66. The topological polar surface area (TPSA) is 63.1 Å². The van der Waals surface area contributed by atoms with E-state index in [1.165, 1.54) is 0 Å². The highest BCUT2D eigenvalue weighted by Crippen LogP contribution is 2.20. The van der Waals surface area contributed by atoms with Crippen molar-refractivity contribution in [1.29, 1.82) is 0 Å².